The highest BCUT2D eigenvalue weighted by atomic mass is 79.9. The van der Waals surface area contributed by atoms with Crippen molar-refractivity contribution in [2.24, 2.45) is 11.3 Å². The number of alkyl halides is 2. The van der Waals surface area contributed by atoms with Gasteiger partial charge in [0, 0.05) is 20.2 Å². The van der Waals surface area contributed by atoms with E-state index in [0.717, 1.165) is 26.6 Å². The number of halogens is 4. The zero-order valence-corrected chi connectivity index (χ0v) is 15.5. The van der Waals surface area contributed by atoms with Crippen molar-refractivity contribution in [3.05, 3.63) is 33.3 Å². The first kappa shape index (κ1) is 16.0. The molecule has 96 valence electrons. The summed E-state index contributed by atoms with van der Waals surface area (Å²) in [6.07, 6.45) is 0.979. The molecule has 0 aliphatic rings. The Morgan fingerprint density at radius 3 is 2.24 bits per heavy atom. The third-order valence-electron chi connectivity index (χ3n) is 3.31. The van der Waals surface area contributed by atoms with Crippen LogP contribution in [-0.2, 0) is 6.42 Å². The lowest BCUT2D eigenvalue weighted by Gasteiger charge is -2.34. The molecule has 0 nitrogen and oxygen atoms in total. The number of hydrogen-bond donors (Lipinski definition) is 0. The van der Waals surface area contributed by atoms with Crippen LogP contribution in [0.5, 0.6) is 0 Å². The standard InChI is InChI=1S/C13H16Br3Cl/c1-9(2)13(7-14,8-15)6-10-3-4-11(16)5-12(10)17/h3-5,9H,6-8H2,1-2H3. The van der Waals surface area contributed by atoms with Gasteiger partial charge in [-0.15, -0.1) is 0 Å². The quantitative estimate of drug-likeness (QED) is 0.480. The van der Waals surface area contributed by atoms with Crippen LogP contribution in [0.1, 0.15) is 19.4 Å². The van der Waals surface area contributed by atoms with E-state index in [2.05, 4.69) is 73.8 Å². The number of rotatable bonds is 5. The molecule has 0 fully saturated rings. The lowest BCUT2D eigenvalue weighted by Crippen LogP contribution is -2.33. The van der Waals surface area contributed by atoms with E-state index in [1.54, 1.807) is 0 Å². The predicted octanol–water partition coefficient (Wildman–Crippen LogP) is 6.08. The van der Waals surface area contributed by atoms with E-state index in [9.17, 15) is 0 Å². The third kappa shape index (κ3) is 3.95. The van der Waals surface area contributed by atoms with E-state index in [-0.39, 0.29) is 5.41 Å². The fourth-order valence-electron chi connectivity index (χ4n) is 1.69. The molecule has 0 saturated heterocycles. The van der Waals surface area contributed by atoms with Crippen molar-refractivity contribution in [3.8, 4) is 0 Å². The molecule has 0 amide bonds. The Kier molecular flexibility index (Phi) is 6.52. The van der Waals surface area contributed by atoms with Crippen LogP contribution in [0.2, 0.25) is 5.02 Å². The summed E-state index contributed by atoms with van der Waals surface area (Å²) in [5, 5.41) is 2.77. The zero-order valence-electron chi connectivity index (χ0n) is 9.94. The Bertz CT molecular complexity index is 373. The molecule has 0 saturated carbocycles. The van der Waals surface area contributed by atoms with Crippen LogP contribution in [0.4, 0.5) is 0 Å². The van der Waals surface area contributed by atoms with Gasteiger partial charge in [-0.1, -0.05) is 79.3 Å². The van der Waals surface area contributed by atoms with E-state index in [0.29, 0.717) is 5.92 Å². The molecule has 1 aromatic rings. The molecule has 0 aliphatic heterocycles. The van der Waals surface area contributed by atoms with Crippen molar-refractivity contribution < 1.29 is 0 Å². The smallest absolute Gasteiger partial charge is 0.0449 e. The molecule has 0 bridgehead atoms. The van der Waals surface area contributed by atoms with E-state index in [1.807, 2.05) is 6.07 Å². The second-order valence-electron chi connectivity index (χ2n) is 4.70. The lowest BCUT2D eigenvalue weighted by atomic mass is 9.76. The molecular weight excluding hydrogens is 431 g/mol. The van der Waals surface area contributed by atoms with E-state index in [4.69, 9.17) is 11.6 Å². The molecule has 1 aromatic carbocycles. The summed E-state index contributed by atoms with van der Waals surface area (Å²) >= 11 is 17.0. The van der Waals surface area contributed by atoms with E-state index in [1.165, 1.54) is 5.56 Å². The molecule has 0 heterocycles. The van der Waals surface area contributed by atoms with Crippen molar-refractivity contribution in [1.82, 2.24) is 0 Å². The van der Waals surface area contributed by atoms with Gasteiger partial charge in [0.25, 0.3) is 0 Å². The van der Waals surface area contributed by atoms with Gasteiger partial charge in [-0.3, -0.25) is 0 Å². The summed E-state index contributed by atoms with van der Waals surface area (Å²) in [6.45, 7) is 4.52. The maximum atomic E-state index is 6.29. The zero-order chi connectivity index (χ0) is 13.1. The van der Waals surface area contributed by atoms with Crippen LogP contribution in [0.3, 0.4) is 0 Å². The molecule has 17 heavy (non-hydrogen) atoms. The van der Waals surface area contributed by atoms with Crippen molar-refractivity contribution in [2.75, 3.05) is 10.7 Å². The summed E-state index contributed by atoms with van der Waals surface area (Å²) in [5.41, 5.74) is 1.42. The summed E-state index contributed by atoms with van der Waals surface area (Å²) in [4.78, 5) is 0. The van der Waals surface area contributed by atoms with Crippen molar-refractivity contribution in [2.45, 2.75) is 20.3 Å². The summed E-state index contributed by atoms with van der Waals surface area (Å²) < 4.78 is 1.03. The Morgan fingerprint density at radius 2 is 1.82 bits per heavy atom. The first-order valence-electron chi connectivity index (χ1n) is 5.51. The highest BCUT2D eigenvalue weighted by Gasteiger charge is 2.32. The fourth-order valence-corrected chi connectivity index (χ4v) is 5.05. The molecule has 0 aromatic heterocycles. The van der Waals surface area contributed by atoms with Gasteiger partial charge in [0.1, 0.15) is 0 Å². The second-order valence-corrected chi connectivity index (χ2v) is 7.14. The molecule has 0 unspecified atom stereocenters. The molecule has 0 atom stereocenters. The largest absolute Gasteiger partial charge is 0.0921 e. The Morgan fingerprint density at radius 1 is 1.24 bits per heavy atom. The average molecular weight is 447 g/mol. The minimum atomic E-state index is 0.206. The van der Waals surface area contributed by atoms with Gasteiger partial charge in [-0.25, -0.2) is 0 Å². The Hall–Kier alpha value is 0.950. The average Bonchev–Trinajstić information content (AvgIpc) is 2.28. The van der Waals surface area contributed by atoms with E-state index < -0.39 is 0 Å². The molecule has 4 heteroatoms. The molecule has 0 spiro atoms. The van der Waals surface area contributed by atoms with E-state index >= 15 is 0 Å². The normalized spacial score (nSPS) is 12.2. The fraction of sp³-hybridized carbons (Fsp3) is 0.538. The summed E-state index contributed by atoms with van der Waals surface area (Å²) in [5.74, 6) is 0.584. The molecule has 0 radical (unpaired) electrons. The highest BCUT2D eigenvalue weighted by Crippen LogP contribution is 2.37. The van der Waals surface area contributed by atoms with Gasteiger partial charge in [-0.05, 0) is 35.4 Å². The number of benzene rings is 1. The maximum Gasteiger partial charge on any atom is 0.0449 e. The van der Waals surface area contributed by atoms with Crippen LogP contribution in [0, 0.1) is 11.3 Å². The summed E-state index contributed by atoms with van der Waals surface area (Å²) in [7, 11) is 0. The second kappa shape index (κ2) is 6.93. The SMILES string of the molecule is CC(C)C(CBr)(CBr)Cc1ccc(Br)cc1Cl. The van der Waals surface area contributed by atoms with Crippen molar-refractivity contribution in [3.63, 3.8) is 0 Å². The minimum absolute atomic E-state index is 0.206. The third-order valence-corrected chi connectivity index (χ3v) is 6.39. The van der Waals surface area contributed by atoms with Crippen LogP contribution in [0.25, 0.3) is 0 Å². The molecule has 0 aliphatic carbocycles. The van der Waals surface area contributed by atoms with Crippen LogP contribution < -0.4 is 0 Å². The Labute approximate surface area is 134 Å². The Balaban J connectivity index is 3.01. The van der Waals surface area contributed by atoms with Crippen molar-refractivity contribution in [1.29, 1.82) is 0 Å². The minimum Gasteiger partial charge on any atom is -0.0921 e. The molecule has 0 N–H and O–H groups in total. The van der Waals surface area contributed by atoms with Gasteiger partial charge < -0.3 is 0 Å². The summed E-state index contributed by atoms with van der Waals surface area (Å²) in [6, 6.07) is 6.12. The van der Waals surface area contributed by atoms with Gasteiger partial charge >= 0.3 is 0 Å². The predicted molar refractivity (Wildman–Crippen MR) is 87.7 cm³/mol. The maximum absolute atomic E-state index is 6.29. The first-order valence-corrected chi connectivity index (χ1v) is 8.92. The van der Waals surface area contributed by atoms with Crippen LogP contribution in [0.15, 0.2) is 22.7 Å². The lowest BCUT2D eigenvalue weighted by molar-refractivity contribution is 0.268. The van der Waals surface area contributed by atoms with Gasteiger partial charge in [0.2, 0.25) is 0 Å². The van der Waals surface area contributed by atoms with Gasteiger partial charge in [-0.2, -0.15) is 0 Å². The first-order chi connectivity index (χ1) is 7.95. The molecule has 1 rings (SSSR count). The van der Waals surface area contributed by atoms with Gasteiger partial charge in [0.15, 0.2) is 0 Å². The highest BCUT2D eigenvalue weighted by molar-refractivity contribution is 9.10. The topological polar surface area (TPSA) is 0 Å². The van der Waals surface area contributed by atoms with Crippen molar-refractivity contribution >= 4 is 59.4 Å². The number of hydrogen-bond acceptors (Lipinski definition) is 0. The van der Waals surface area contributed by atoms with Crippen LogP contribution >= 0.6 is 59.4 Å². The molecular formula is C13H16Br3Cl. The van der Waals surface area contributed by atoms with Crippen LogP contribution in [-0.4, -0.2) is 10.7 Å². The monoisotopic (exact) mass is 444 g/mol. The van der Waals surface area contributed by atoms with Gasteiger partial charge in [0.05, 0.1) is 0 Å².